The van der Waals surface area contributed by atoms with Crippen molar-refractivity contribution in [2.45, 2.75) is 0 Å². The molecule has 2 nitrogen and oxygen atoms in total. The second-order valence-electron chi connectivity index (χ2n) is 0. The average Bonchev–Trinajstić information content (AvgIpc) is 0. The molecule has 0 fully saturated rings. The normalized spacial score (nSPS) is 0. The van der Waals surface area contributed by atoms with Crippen molar-refractivity contribution >= 4 is 0 Å². The SMILES string of the molecule is [NH2-].[Na+].[Na+].[OH-]. The predicted octanol–water partition coefficient (Wildman–Crippen LogP) is -5.45. The molecule has 0 radical (unpaired) electrons. The van der Waals surface area contributed by atoms with Gasteiger partial charge in [-0.15, -0.1) is 0 Å². The quantitative estimate of drug-likeness (QED) is 0.267. The summed E-state index contributed by atoms with van der Waals surface area (Å²) in [5, 5.41) is 0. The molecule has 0 saturated heterocycles. The summed E-state index contributed by atoms with van der Waals surface area (Å²) < 4.78 is 0. The van der Waals surface area contributed by atoms with E-state index in [2.05, 4.69) is 0 Å². The molecule has 0 aliphatic carbocycles. The third-order valence-corrected chi connectivity index (χ3v) is 0. The molecule has 4 heteroatoms. The third kappa shape index (κ3) is 9.07. The second kappa shape index (κ2) is 20.5. The number of hydrogen-bond acceptors (Lipinski definition) is 1. The Bertz CT molecular complexity index is 6.00. The van der Waals surface area contributed by atoms with E-state index < -0.39 is 0 Å². The van der Waals surface area contributed by atoms with E-state index in [9.17, 15) is 0 Å². The van der Waals surface area contributed by atoms with Crippen LogP contribution in [0.4, 0.5) is 0 Å². The molecule has 0 aromatic heterocycles. The zero-order valence-electron chi connectivity index (χ0n) is 3.02. The van der Waals surface area contributed by atoms with Crippen LogP contribution in [0.15, 0.2) is 0 Å². The third-order valence-electron chi connectivity index (χ3n) is 0. The number of rotatable bonds is 0. The van der Waals surface area contributed by atoms with E-state index in [0.29, 0.717) is 0 Å². The van der Waals surface area contributed by atoms with Gasteiger partial charge in [0.2, 0.25) is 0 Å². The summed E-state index contributed by atoms with van der Waals surface area (Å²) in [5.74, 6) is 0. The van der Waals surface area contributed by atoms with E-state index in [1.807, 2.05) is 0 Å². The van der Waals surface area contributed by atoms with Gasteiger partial charge in [-0.05, 0) is 0 Å². The maximum atomic E-state index is 0. The van der Waals surface area contributed by atoms with Crippen molar-refractivity contribution in [2.24, 2.45) is 0 Å². The minimum atomic E-state index is 0. The molecule has 0 saturated carbocycles. The first kappa shape index (κ1) is 38.9. The average molecular weight is 79.0 g/mol. The van der Waals surface area contributed by atoms with Gasteiger partial charge in [0, 0.05) is 0 Å². The van der Waals surface area contributed by atoms with E-state index in [0.717, 1.165) is 0 Å². The molecular formula is H3NNa2O. The second-order valence-corrected chi connectivity index (χ2v) is 0. The van der Waals surface area contributed by atoms with Gasteiger partial charge in [-0.3, -0.25) is 0 Å². The molecule has 0 aromatic rings. The first-order valence-corrected chi connectivity index (χ1v) is 0. The van der Waals surface area contributed by atoms with Crippen LogP contribution < -0.4 is 59.1 Å². The Hall–Kier alpha value is 1.92. The Kier molecular flexibility index (Phi) is 199. The fourth-order valence-electron chi connectivity index (χ4n) is 0. The van der Waals surface area contributed by atoms with Gasteiger partial charge in [0.1, 0.15) is 0 Å². The van der Waals surface area contributed by atoms with Gasteiger partial charge in [-0.2, -0.15) is 0 Å². The molecule has 0 amide bonds. The summed E-state index contributed by atoms with van der Waals surface area (Å²) in [6.45, 7) is 0. The first-order chi connectivity index (χ1) is 0. The molecule has 3 N–H and O–H groups in total. The van der Waals surface area contributed by atoms with Gasteiger partial charge < -0.3 is 11.6 Å². The molecular weight excluding hydrogens is 76.0 g/mol. The van der Waals surface area contributed by atoms with E-state index in [4.69, 9.17) is 0 Å². The fourth-order valence-corrected chi connectivity index (χ4v) is 0. The Morgan fingerprint density at radius 1 is 0.750 bits per heavy atom. The summed E-state index contributed by atoms with van der Waals surface area (Å²) in [5.41, 5.74) is 0. The predicted molar refractivity (Wildman–Crippen MR) is 7.22 cm³/mol. The molecule has 0 heterocycles. The summed E-state index contributed by atoms with van der Waals surface area (Å²) >= 11 is 0. The summed E-state index contributed by atoms with van der Waals surface area (Å²) in [4.78, 5) is 0. The van der Waals surface area contributed by atoms with E-state index in [-0.39, 0.29) is 70.7 Å². The first-order valence-electron chi connectivity index (χ1n) is 0. The molecule has 0 spiro atoms. The van der Waals surface area contributed by atoms with Crippen LogP contribution in [0.1, 0.15) is 0 Å². The van der Waals surface area contributed by atoms with Crippen molar-refractivity contribution in [2.75, 3.05) is 0 Å². The van der Waals surface area contributed by atoms with Crippen LogP contribution in [0.25, 0.3) is 6.15 Å². The van der Waals surface area contributed by atoms with Crippen molar-refractivity contribution in [3.05, 3.63) is 6.15 Å². The van der Waals surface area contributed by atoms with Gasteiger partial charge >= 0.3 is 59.1 Å². The molecule has 0 aromatic carbocycles. The van der Waals surface area contributed by atoms with Gasteiger partial charge in [0.15, 0.2) is 0 Å². The van der Waals surface area contributed by atoms with Crippen molar-refractivity contribution in [3.63, 3.8) is 0 Å². The molecule has 0 rings (SSSR count). The van der Waals surface area contributed by atoms with Crippen molar-refractivity contribution in [1.29, 1.82) is 0 Å². The zero-order chi connectivity index (χ0) is 0. The molecule has 4 heavy (non-hydrogen) atoms. The van der Waals surface area contributed by atoms with Crippen LogP contribution in [0.2, 0.25) is 0 Å². The molecule has 0 atom stereocenters. The minimum Gasteiger partial charge on any atom is -0.870 e. The topological polar surface area (TPSA) is 63.5 Å². The van der Waals surface area contributed by atoms with Crippen molar-refractivity contribution in [1.82, 2.24) is 0 Å². The Balaban J connectivity index is 0. The molecule has 16 valence electrons. The van der Waals surface area contributed by atoms with Crippen LogP contribution in [-0.2, 0) is 0 Å². The molecule has 0 unspecified atom stereocenters. The van der Waals surface area contributed by atoms with Crippen LogP contribution in [0.3, 0.4) is 0 Å². The summed E-state index contributed by atoms with van der Waals surface area (Å²) in [6.07, 6.45) is 0. The van der Waals surface area contributed by atoms with Gasteiger partial charge in [-0.1, -0.05) is 0 Å². The van der Waals surface area contributed by atoms with Gasteiger partial charge in [0.25, 0.3) is 0 Å². The van der Waals surface area contributed by atoms with E-state index in [1.54, 1.807) is 0 Å². The Morgan fingerprint density at radius 3 is 0.750 bits per heavy atom. The van der Waals surface area contributed by atoms with Crippen LogP contribution in [0.5, 0.6) is 0 Å². The molecule has 0 aliphatic rings. The molecule has 0 bridgehead atoms. The standard InChI is InChI=1S/H2N.2Na.H2O/h1H2;;;1H2/q-1;2*+1;/p-1. The van der Waals surface area contributed by atoms with Gasteiger partial charge in [-0.25, -0.2) is 0 Å². The molecule has 0 aliphatic heterocycles. The smallest absolute Gasteiger partial charge is 0.870 e. The zero-order valence-corrected chi connectivity index (χ0v) is 7.02. The van der Waals surface area contributed by atoms with Crippen LogP contribution in [0, 0.1) is 0 Å². The van der Waals surface area contributed by atoms with Crippen molar-refractivity contribution in [3.8, 4) is 0 Å². The Labute approximate surface area is 69.8 Å². The summed E-state index contributed by atoms with van der Waals surface area (Å²) in [6, 6.07) is 0. The summed E-state index contributed by atoms with van der Waals surface area (Å²) in [7, 11) is 0. The van der Waals surface area contributed by atoms with Crippen LogP contribution in [-0.4, -0.2) is 5.48 Å². The largest absolute Gasteiger partial charge is 1.00 e. The maximum Gasteiger partial charge on any atom is 1.00 e. The van der Waals surface area contributed by atoms with E-state index >= 15 is 0 Å². The van der Waals surface area contributed by atoms with Crippen LogP contribution >= 0.6 is 0 Å². The number of nitrogens with two attached hydrogens (primary N) is 1. The fraction of sp³-hybridized carbons (Fsp3) is 0. The minimum absolute atomic E-state index is 0. The van der Waals surface area contributed by atoms with Crippen molar-refractivity contribution < 1.29 is 64.6 Å². The number of hydrogen-bond donors (Lipinski definition) is 0. The van der Waals surface area contributed by atoms with Gasteiger partial charge in [0.05, 0.1) is 0 Å². The maximum absolute atomic E-state index is 0. The monoisotopic (exact) mass is 79.0 g/mol. The van der Waals surface area contributed by atoms with E-state index in [1.165, 1.54) is 0 Å². The Morgan fingerprint density at radius 2 is 0.750 bits per heavy atom.